The first-order chi connectivity index (χ1) is 23.3. The minimum absolute atomic E-state index is 0.0615. The van der Waals surface area contributed by atoms with Crippen LogP contribution in [0.3, 0.4) is 0 Å². The van der Waals surface area contributed by atoms with Gasteiger partial charge in [-0.15, -0.1) is 0 Å². The van der Waals surface area contributed by atoms with Crippen molar-refractivity contribution in [3.05, 3.63) is 23.8 Å². The molecule has 0 radical (unpaired) electrons. The van der Waals surface area contributed by atoms with Crippen LogP contribution in [0.4, 0.5) is 0 Å². The van der Waals surface area contributed by atoms with Crippen molar-refractivity contribution < 1.29 is 53.4 Å². The highest BCUT2D eigenvalue weighted by Gasteiger charge is 2.75. The molecule has 3 N–H and O–H groups in total. The van der Waals surface area contributed by atoms with Crippen LogP contribution in [0.15, 0.2) is 23.8 Å². The number of hydrogen-bond acceptors (Lipinski definition) is 11. The second kappa shape index (κ2) is 13.1. The minimum atomic E-state index is -2.06. The number of aliphatic hydroxyl groups is 3. The van der Waals surface area contributed by atoms with Crippen LogP contribution in [0, 0.1) is 39.4 Å². The molecule has 0 spiro atoms. The zero-order valence-corrected chi connectivity index (χ0v) is 32.3. The van der Waals surface area contributed by atoms with Crippen LogP contribution in [0.5, 0.6) is 0 Å². The molecule has 3 saturated carbocycles. The average molecular weight is 717 g/mol. The van der Waals surface area contributed by atoms with E-state index in [1.807, 2.05) is 20.8 Å². The van der Waals surface area contributed by atoms with Crippen LogP contribution in [0.2, 0.25) is 0 Å². The summed E-state index contributed by atoms with van der Waals surface area (Å²) in [5.74, 6) is -2.95. The van der Waals surface area contributed by atoms with Crippen LogP contribution in [-0.2, 0) is 38.1 Å². The Morgan fingerprint density at radius 2 is 1.59 bits per heavy atom. The maximum absolute atomic E-state index is 14.9. The number of carbonyl (C=O) groups is 4. The summed E-state index contributed by atoms with van der Waals surface area (Å²) in [5.41, 5.74) is -5.11. The Labute approximate surface area is 302 Å². The summed E-state index contributed by atoms with van der Waals surface area (Å²) < 4.78 is 24.4. The van der Waals surface area contributed by atoms with Gasteiger partial charge in [-0.05, 0) is 82.1 Å². The monoisotopic (exact) mass is 716 g/mol. The second-order valence-corrected chi connectivity index (χ2v) is 18.2. The number of hydrogen-bond donors (Lipinski definition) is 3. The molecule has 11 nitrogen and oxygen atoms in total. The van der Waals surface area contributed by atoms with Gasteiger partial charge < -0.3 is 34.3 Å². The van der Waals surface area contributed by atoms with E-state index in [9.17, 15) is 34.5 Å². The standard InChI is InChI=1S/C40H60O11/c1-21-18-26(49-22(2)41)32(50-23(3)42)34(48-21)51-27-19-37(8)28-14-12-24-25(13-15-29(43)36(24,6)7)39(28,10)31(45)20-38(37,9)33(27)40(11,47)30(44)16-17-35(4,5)46/h12,16-17,21,25-29,32-34,43,46-47H,13-15,18-20H2,1-11H3. The summed E-state index contributed by atoms with van der Waals surface area (Å²) in [4.78, 5) is 53.4. The highest BCUT2D eigenvalue weighted by Crippen LogP contribution is 2.74. The Morgan fingerprint density at radius 1 is 0.961 bits per heavy atom. The SMILES string of the molecule is CC(=O)OC1CC(C)OC(OC2CC3(C)C4CC=C5C(CCC(O)C5(C)C)C4(C)C(=O)CC3(C)C2C(C)(O)C(=O)C=CC(C)(C)O)C1OC(C)=O. The molecule has 1 aliphatic heterocycles. The molecule has 0 aromatic carbocycles. The van der Waals surface area contributed by atoms with Gasteiger partial charge in [-0.1, -0.05) is 52.3 Å². The third kappa shape index (κ3) is 6.57. The van der Waals surface area contributed by atoms with E-state index in [4.69, 9.17) is 18.9 Å². The lowest BCUT2D eigenvalue weighted by Crippen LogP contribution is -2.65. The van der Waals surface area contributed by atoms with E-state index in [2.05, 4.69) is 19.9 Å². The number of allylic oxidation sites excluding steroid dienone is 1. The Morgan fingerprint density at radius 3 is 2.18 bits per heavy atom. The molecule has 0 aromatic heterocycles. The summed E-state index contributed by atoms with van der Waals surface area (Å²) >= 11 is 0. The van der Waals surface area contributed by atoms with Gasteiger partial charge in [0.05, 0.1) is 23.9 Å². The van der Waals surface area contributed by atoms with Crippen molar-refractivity contribution in [1.29, 1.82) is 0 Å². The fourth-order valence-electron chi connectivity index (χ4n) is 11.1. The Hall–Kier alpha value is -2.44. The van der Waals surface area contributed by atoms with Crippen molar-refractivity contribution in [3.8, 4) is 0 Å². The number of ether oxygens (including phenoxy) is 4. The van der Waals surface area contributed by atoms with Crippen molar-refractivity contribution in [1.82, 2.24) is 0 Å². The number of esters is 2. The van der Waals surface area contributed by atoms with Gasteiger partial charge in [0.1, 0.15) is 17.5 Å². The first-order valence-corrected chi connectivity index (χ1v) is 18.6. The van der Waals surface area contributed by atoms with Gasteiger partial charge in [0.15, 0.2) is 18.2 Å². The molecular weight excluding hydrogens is 656 g/mol. The van der Waals surface area contributed by atoms with Crippen LogP contribution in [0.25, 0.3) is 0 Å². The molecule has 4 fully saturated rings. The number of ketones is 2. The largest absolute Gasteiger partial charge is 0.458 e. The summed E-state index contributed by atoms with van der Waals surface area (Å²) in [5, 5.41) is 33.8. The third-order valence-electron chi connectivity index (χ3n) is 13.8. The van der Waals surface area contributed by atoms with Crippen LogP contribution >= 0.6 is 0 Å². The van der Waals surface area contributed by atoms with E-state index in [1.54, 1.807) is 6.92 Å². The summed E-state index contributed by atoms with van der Waals surface area (Å²) in [6.45, 7) is 19.1. The van der Waals surface area contributed by atoms with Gasteiger partial charge in [-0.3, -0.25) is 19.2 Å². The molecule has 5 aliphatic rings. The molecule has 0 aromatic rings. The zero-order valence-electron chi connectivity index (χ0n) is 32.3. The number of fused-ring (bicyclic) bond motifs is 5. The summed E-state index contributed by atoms with van der Waals surface area (Å²) in [7, 11) is 0. The first kappa shape index (κ1) is 39.8. The predicted molar refractivity (Wildman–Crippen MR) is 187 cm³/mol. The predicted octanol–water partition coefficient (Wildman–Crippen LogP) is 4.77. The Balaban J connectivity index is 1.63. The molecule has 51 heavy (non-hydrogen) atoms. The van der Waals surface area contributed by atoms with E-state index in [0.29, 0.717) is 25.7 Å². The normalized spacial score (nSPS) is 43.3. The molecule has 0 bridgehead atoms. The lowest BCUT2D eigenvalue weighted by atomic mass is 9.38. The van der Waals surface area contributed by atoms with Gasteiger partial charge in [0.25, 0.3) is 0 Å². The van der Waals surface area contributed by atoms with Crippen molar-refractivity contribution in [2.24, 2.45) is 39.4 Å². The molecule has 286 valence electrons. The molecule has 4 aliphatic carbocycles. The first-order valence-electron chi connectivity index (χ1n) is 18.6. The smallest absolute Gasteiger partial charge is 0.303 e. The van der Waals surface area contributed by atoms with Crippen molar-refractivity contribution in [2.45, 2.75) is 163 Å². The minimum Gasteiger partial charge on any atom is -0.458 e. The molecule has 13 atom stereocenters. The van der Waals surface area contributed by atoms with Crippen molar-refractivity contribution in [3.63, 3.8) is 0 Å². The quantitative estimate of drug-likeness (QED) is 0.180. The topological polar surface area (TPSA) is 166 Å². The maximum atomic E-state index is 14.9. The molecule has 1 heterocycles. The van der Waals surface area contributed by atoms with Gasteiger partial charge in [0, 0.05) is 43.4 Å². The average Bonchev–Trinajstić information content (AvgIpc) is 3.21. The van der Waals surface area contributed by atoms with Crippen LogP contribution in [0.1, 0.15) is 115 Å². The van der Waals surface area contributed by atoms with Gasteiger partial charge in [-0.2, -0.15) is 0 Å². The van der Waals surface area contributed by atoms with Crippen LogP contribution in [-0.4, -0.2) is 86.8 Å². The van der Waals surface area contributed by atoms with Crippen molar-refractivity contribution >= 4 is 23.5 Å². The van der Waals surface area contributed by atoms with E-state index in [-0.39, 0.29) is 30.5 Å². The zero-order chi connectivity index (χ0) is 38.3. The number of carbonyl (C=O) groups excluding carboxylic acids is 4. The van der Waals surface area contributed by atoms with E-state index >= 15 is 0 Å². The molecule has 5 rings (SSSR count). The number of aliphatic hydroxyl groups excluding tert-OH is 1. The maximum Gasteiger partial charge on any atom is 0.303 e. The Bertz CT molecular complexity index is 1490. The second-order valence-electron chi connectivity index (χ2n) is 18.2. The number of rotatable bonds is 8. The highest BCUT2D eigenvalue weighted by atomic mass is 16.7. The van der Waals surface area contributed by atoms with Crippen molar-refractivity contribution in [2.75, 3.05) is 0 Å². The molecule has 11 heteroatoms. The fourth-order valence-corrected chi connectivity index (χ4v) is 11.1. The molecule has 1 saturated heterocycles. The molecule has 0 amide bonds. The van der Waals surface area contributed by atoms with E-state index < -0.39 is 93.3 Å². The van der Waals surface area contributed by atoms with Crippen LogP contribution < -0.4 is 0 Å². The Kier molecular flexibility index (Phi) is 10.2. The van der Waals surface area contributed by atoms with Gasteiger partial charge in [-0.25, -0.2) is 0 Å². The fraction of sp³-hybridized carbons (Fsp3) is 0.800. The molecular formula is C40H60O11. The lowest BCUT2D eigenvalue weighted by Gasteiger charge is -2.64. The highest BCUT2D eigenvalue weighted by molar-refractivity contribution is 5.97. The summed E-state index contributed by atoms with van der Waals surface area (Å²) in [6, 6.07) is 0. The van der Waals surface area contributed by atoms with E-state index in [1.165, 1.54) is 46.8 Å². The lowest BCUT2D eigenvalue weighted by molar-refractivity contribution is -0.292. The third-order valence-corrected chi connectivity index (χ3v) is 13.8. The van der Waals surface area contributed by atoms with Gasteiger partial charge >= 0.3 is 11.9 Å². The van der Waals surface area contributed by atoms with Gasteiger partial charge in [0.2, 0.25) is 0 Å². The number of Topliss-reactive ketones (excluding diaryl/α,β-unsaturated/α-hetero) is 1. The summed E-state index contributed by atoms with van der Waals surface area (Å²) in [6.07, 6.45) is 2.25. The van der Waals surface area contributed by atoms with E-state index in [0.717, 1.165) is 5.57 Å². The molecule has 13 unspecified atom stereocenters.